The van der Waals surface area contributed by atoms with E-state index in [0.29, 0.717) is 41.8 Å². The van der Waals surface area contributed by atoms with Crippen LogP contribution in [0.5, 0.6) is 11.5 Å². The summed E-state index contributed by atoms with van der Waals surface area (Å²) in [4.78, 5) is 18.0. The second kappa shape index (κ2) is 12.2. The van der Waals surface area contributed by atoms with Gasteiger partial charge >= 0.3 is 5.97 Å². The first-order valence-electron chi connectivity index (χ1n) is 13.9. The number of likely N-dealkylation sites (tertiary alicyclic amines) is 1. The maximum absolute atomic E-state index is 14.8. The largest absolute Gasteiger partial charge is 0.478 e. The summed E-state index contributed by atoms with van der Waals surface area (Å²) >= 11 is 5.96. The molecule has 0 saturated carbocycles. The van der Waals surface area contributed by atoms with Crippen molar-refractivity contribution < 1.29 is 28.5 Å². The highest BCUT2D eigenvalue weighted by Crippen LogP contribution is 2.49. The molecule has 1 aromatic heterocycles. The molecule has 10 heteroatoms. The predicted octanol–water partition coefficient (Wildman–Crippen LogP) is 6.22. The van der Waals surface area contributed by atoms with Crippen molar-refractivity contribution in [2.75, 3.05) is 19.7 Å². The lowest BCUT2D eigenvalue weighted by molar-refractivity contribution is -0.131. The molecule has 1 atom stereocenters. The van der Waals surface area contributed by atoms with Crippen molar-refractivity contribution >= 4 is 23.6 Å². The number of nitrogens with zero attached hydrogens (tertiary/aromatic N) is 3. The second-order valence-electron chi connectivity index (χ2n) is 10.8. The maximum Gasteiger partial charge on any atom is 0.328 e. The van der Waals surface area contributed by atoms with Gasteiger partial charge in [0.15, 0.2) is 11.5 Å². The number of fused-ring (bicyclic) bond motifs is 1. The average molecular weight is 584 g/mol. The van der Waals surface area contributed by atoms with Crippen LogP contribution in [0, 0.1) is 5.82 Å². The van der Waals surface area contributed by atoms with Gasteiger partial charge in [-0.05, 0) is 76.0 Å². The van der Waals surface area contributed by atoms with Crippen molar-refractivity contribution in [1.29, 1.82) is 0 Å². The molecular formula is C31H35ClFN3O5. The number of hydrogen-bond acceptors (Lipinski definition) is 6. The Kier molecular flexibility index (Phi) is 8.68. The van der Waals surface area contributed by atoms with Crippen LogP contribution in [0.15, 0.2) is 48.7 Å². The zero-order valence-corrected chi connectivity index (χ0v) is 24.2. The van der Waals surface area contributed by atoms with Crippen LogP contribution in [0.25, 0.3) is 6.08 Å². The molecule has 8 nitrogen and oxygen atoms in total. The molecular weight excluding hydrogens is 549 g/mol. The Bertz CT molecular complexity index is 1430. The highest BCUT2D eigenvalue weighted by molar-refractivity contribution is 6.30. The molecule has 0 aliphatic carbocycles. The average Bonchev–Trinajstić information content (AvgIpc) is 3.47. The van der Waals surface area contributed by atoms with Gasteiger partial charge in [-0.2, -0.15) is 0 Å². The van der Waals surface area contributed by atoms with Crippen LogP contribution in [-0.4, -0.2) is 51.3 Å². The molecule has 1 unspecified atom stereocenters. The topological polar surface area (TPSA) is 86.0 Å². The van der Waals surface area contributed by atoms with Crippen molar-refractivity contribution in [3.05, 3.63) is 82.2 Å². The fourth-order valence-corrected chi connectivity index (χ4v) is 5.68. The van der Waals surface area contributed by atoms with Crippen LogP contribution in [0.3, 0.4) is 0 Å². The third kappa shape index (κ3) is 6.58. The molecule has 3 heterocycles. The number of aliphatic carboxylic acids is 1. The number of para-hydroxylation sites is 1. The molecule has 0 radical (unpaired) electrons. The van der Waals surface area contributed by atoms with Crippen LogP contribution in [0.1, 0.15) is 62.2 Å². The summed E-state index contributed by atoms with van der Waals surface area (Å²) in [6, 6.07) is 10.4. The fraction of sp³-hybridized carbons (Fsp3) is 0.419. The molecule has 41 heavy (non-hydrogen) atoms. The van der Waals surface area contributed by atoms with Gasteiger partial charge in [-0.3, -0.25) is 4.90 Å². The Morgan fingerprint density at radius 2 is 2.05 bits per heavy atom. The van der Waals surface area contributed by atoms with Gasteiger partial charge in [0.2, 0.25) is 0 Å². The Morgan fingerprint density at radius 3 is 2.76 bits per heavy atom. The van der Waals surface area contributed by atoms with Gasteiger partial charge in [-0.25, -0.2) is 14.2 Å². The zero-order chi connectivity index (χ0) is 29.1. The second-order valence-corrected chi connectivity index (χ2v) is 11.3. The molecule has 218 valence electrons. The zero-order valence-electron chi connectivity index (χ0n) is 23.5. The van der Waals surface area contributed by atoms with E-state index >= 15 is 0 Å². The molecule has 2 aromatic carbocycles. The number of hydrogen-bond donors (Lipinski definition) is 1. The monoisotopic (exact) mass is 583 g/mol. The number of carbonyl (C=O) groups is 1. The van der Waals surface area contributed by atoms with E-state index in [0.717, 1.165) is 49.1 Å². The lowest BCUT2D eigenvalue weighted by Crippen LogP contribution is -2.34. The van der Waals surface area contributed by atoms with Crippen molar-refractivity contribution in [3.63, 3.8) is 0 Å². The van der Waals surface area contributed by atoms with Crippen LogP contribution in [0.2, 0.25) is 5.02 Å². The quantitative estimate of drug-likeness (QED) is 0.283. The summed E-state index contributed by atoms with van der Waals surface area (Å²) in [6.07, 6.45) is 6.34. The summed E-state index contributed by atoms with van der Waals surface area (Å²) < 4.78 is 35.0. The summed E-state index contributed by atoms with van der Waals surface area (Å²) in [6.45, 7) is 9.15. The van der Waals surface area contributed by atoms with Crippen LogP contribution in [-0.2, 0) is 28.4 Å². The van der Waals surface area contributed by atoms with E-state index in [1.54, 1.807) is 31.3 Å². The van der Waals surface area contributed by atoms with E-state index in [4.69, 9.17) is 30.9 Å². The normalized spacial score (nSPS) is 19.5. The molecule has 1 saturated heterocycles. The van der Waals surface area contributed by atoms with Gasteiger partial charge in [-0.15, -0.1) is 0 Å². The Labute approximate surface area is 244 Å². The predicted molar refractivity (Wildman–Crippen MR) is 154 cm³/mol. The SMILES string of the molecule is CC(C)OCCn1c(/C=C/C(=O)O)cnc1CN1CCC(c2cccc3c2OC(C)(c2ccc(Cl)cc2F)O3)CC1. The first kappa shape index (κ1) is 29.1. The van der Waals surface area contributed by atoms with Gasteiger partial charge in [0.05, 0.1) is 36.7 Å². The first-order valence-corrected chi connectivity index (χ1v) is 14.3. The highest BCUT2D eigenvalue weighted by Gasteiger charge is 2.43. The lowest BCUT2D eigenvalue weighted by atomic mass is 9.88. The molecule has 2 aliphatic rings. The summed E-state index contributed by atoms with van der Waals surface area (Å²) in [7, 11) is 0. The number of imidazole rings is 1. The van der Waals surface area contributed by atoms with Crippen molar-refractivity contribution in [3.8, 4) is 11.5 Å². The molecule has 1 N–H and O–H groups in total. The van der Waals surface area contributed by atoms with Gasteiger partial charge in [0.1, 0.15) is 11.6 Å². The minimum Gasteiger partial charge on any atom is -0.478 e. The highest BCUT2D eigenvalue weighted by atomic mass is 35.5. The van der Waals surface area contributed by atoms with Gasteiger partial charge in [0.25, 0.3) is 5.79 Å². The van der Waals surface area contributed by atoms with E-state index < -0.39 is 17.6 Å². The third-order valence-electron chi connectivity index (χ3n) is 7.56. The number of halogens is 2. The number of aromatic nitrogens is 2. The van der Waals surface area contributed by atoms with Crippen molar-refractivity contribution in [2.45, 2.75) is 64.5 Å². The molecule has 2 aliphatic heterocycles. The van der Waals surface area contributed by atoms with Crippen LogP contribution >= 0.6 is 11.6 Å². The summed E-state index contributed by atoms with van der Waals surface area (Å²) in [5.74, 6) is -0.350. The van der Waals surface area contributed by atoms with Gasteiger partial charge in [0, 0.05) is 30.1 Å². The van der Waals surface area contributed by atoms with Gasteiger partial charge < -0.3 is 23.9 Å². The minimum absolute atomic E-state index is 0.107. The number of carboxylic acid groups (broad SMARTS) is 1. The summed E-state index contributed by atoms with van der Waals surface area (Å²) in [5, 5.41) is 9.40. The molecule has 3 aromatic rings. The smallest absolute Gasteiger partial charge is 0.328 e. The molecule has 5 rings (SSSR count). The minimum atomic E-state index is -1.28. The van der Waals surface area contributed by atoms with E-state index in [-0.39, 0.29) is 12.0 Å². The van der Waals surface area contributed by atoms with Crippen LogP contribution in [0.4, 0.5) is 4.39 Å². The van der Waals surface area contributed by atoms with Crippen molar-refractivity contribution in [2.24, 2.45) is 0 Å². The molecule has 0 amide bonds. The molecule has 1 fully saturated rings. The Balaban J connectivity index is 1.26. The van der Waals surface area contributed by atoms with E-state index in [2.05, 4.69) is 16.0 Å². The Morgan fingerprint density at radius 1 is 1.27 bits per heavy atom. The van der Waals surface area contributed by atoms with Gasteiger partial charge in [-0.1, -0.05) is 23.7 Å². The summed E-state index contributed by atoms with van der Waals surface area (Å²) in [5.41, 5.74) is 2.10. The lowest BCUT2D eigenvalue weighted by Gasteiger charge is -2.32. The number of piperidine rings is 1. The fourth-order valence-electron chi connectivity index (χ4n) is 5.52. The first-order chi connectivity index (χ1) is 19.6. The van der Waals surface area contributed by atoms with Crippen molar-refractivity contribution in [1.82, 2.24) is 14.5 Å². The number of benzene rings is 2. The van der Waals surface area contributed by atoms with E-state index in [9.17, 15) is 9.18 Å². The third-order valence-corrected chi connectivity index (χ3v) is 7.79. The van der Waals surface area contributed by atoms with E-state index in [1.165, 1.54) is 6.07 Å². The number of ether oxygens (including phenoxy) is 3. The molecule has 0 spiro atoms. The maximum atomic E-state index is 14.8. The Hall–Kier alpha value is -3.40. The van der Waals surface area contributed by atoms with Crippen LogP contribution < -0.4 is 9.47 Å². The standard InChI is InChI=1S/C31H35ClFN3O5/c1-20(2)39-16-15-36-23(8-10-29(37)38)18-34-28(36)19-35-13-11-21(12-14-35)24-5-4-6-27-30(24)41-31(3,40-27)25-9-7-22(32)17-26(25)33/h4-10,17-18,20-21H,11-16,19H2,1-3H3,(H,37,38)/b10-8+. The number of carboxylic acids is 1. The molecule has 0 bridgehead atoms. The number of rotatable bonds is 10. The van der Waals surface area contributed by atoms with E-state index in [1.807, 2.05) is 30.5 Å².